The number of hydrogen-bond acceptors (Lipinski definition) is 2. The molecule has 0 aliphatic heterocycles. The maximum Gasteiger partial charge on any atom is 0.318 e. The lowest BCUT2D eigenvalue weighted by Crippen LogP contribution is -2.41. The van der Waals surface area contributed by atoms with Gasteiger partial charge in [0.1, 0.15) is 5.82 Å². The standard InChI is InChI=1S/C17H23ClN4O/c1-12(2)15(16-19-9-10-21(16)3)20-17(23)22(4)11-13-7-5-6-8-14(13)18/h5-10,12,15H,11H2,1-4H3,(H,20,23)/t15-/m1/s1. The lowest BCUT2D eigenvalue weighted by atomic mass is 10.0. The molecule has 0 spiro atoms. The van der Waals surface area contributed by atoms with Crippen LogP contribution < -0.4 is 5.32 Å². The Bertz CT molecular complexity index is 668. The van der Waals surface area contributed by atoms with E-state index in [4.69, 9.17) is 11.6 Å². The Morgan fingerprint density at radius 3 is 2.65 bits per heavy atom. The Morgan fingerprint density at radius 2 is 2.09 bits per heavy atom. The highest BCUT2D eigenvalue weighted by molar-refractivity contribution is 6.31. The summed E-state index contributed by atoms with van der Waals surface area (Å²) in [5, 5.41) is 3.72. The molecule has 5 nitrogen and oxygen atoms in total. The normalized spacial score (nSPS) is 12.3. The van der Waals surface area contributed by atoms with E-state index >= 15 is 0 Å². The lowest BCUT2D eigenvalue weighted by molar-refractivity contribution is 0.197. The minimum atomic E-state index is -0.147. The number of imidazole rings is 1. The quantitative estimate of drug-likeness (QED) is 0.908. The van der Waals surface area contributed by atoms with Crippen molar-refractivity contribution in [3.63, 3.8) is 0 Å². The number of nitrogens with one attached hydrogen (secondary N) is 1. The van der Waals surface area contributed by atoms with E-state index < -0.39 is 0 Å². The summed E-state index contributed by atoms with van der Waals surface area (Å²) < 4.78 is 1.93. The molecule has 1 aromatic heterocycles. The van der Waals surface area contributed by atoms with Crippen LogP contribution in [-0.4, -0.2) is 27.5 Å². The number of urea groups is 1. The fraction of sp³-hybridized carbons (Fsp3) is 0.412. The molecule has 1 heterocycles. The molecule has 0 bridgehead atoms. The van der Waals surface area contributed by atoms with Crippen molar-refractivity contribution in [3.8, 4) is 0 Å². The highest BCUT2D eigenvalue weighted by Gasteiger charge is 2.23. The maximum atomic E-state index is 12.5. The number of nitrogens with zero attached hydrogens (tertiary/aromatic N) is 3. The molecule has 124 valence electrons. The van der Waals surface area contributed by atoms with Crippen LogP contribution in [0.4, 0.5) is 4.79 Å². The number of benzene rings is 1. The van der Waals surface area contributed by atoms with Crippen molar-refractivity contribution in [2.24, 2.45) is 13.0 Å². The highest BCUT2D eigenvalue weighted by Crippen LogP contribution is 2.21. The first-order valence-electron chi connectivity index (χ1n) is 7.62. The third kappa shape index (κ3) is 4.26. The van der Waals surface area contributed by atoms with Crippen molar-refractivity contribution in [1.29, 1.82) is 0 Å². The first-order chi connectivity index (χ1) is 10.9. The minimum Gasteiger partial charge on any atom is -0.336 e. The second-order valence-electron chi connectivity index (χ2n) is 6.01. The Balaban J connectivity index is 2.07. The first-order valence-corrected chi connectivity index (χ1v) is 8.00. The number of halogens is 1. The largest absolute Gasteiger partial charge is 0.336 e. The van der Waals surface area contributed by atoms with Crippen molar-refractivity contribution >= 4 is 17.6 Å². The monoisotopic (exact) mass is 334 g/mol. The highest BCUT2D eigenvalue weighted by atomic mass is 35.5. The van der Waals surface area contributed by atoms with Gasteiger partial charge in [-0.1, -0.05) is 43.6 Å². The number of rotatable bonds is 5. The van der Waals surface area contributed by atoms with Gasteiger partial charge in [-0.3, -0.25) is 0 Å². The third-order valence-electron chi connectivity index (χ3n) is 3.79. The second kappa shape index (κ2) is 7.51. The summed E-state index contributed by atoms with van der Waals surface area (Å²) in [6, 6.07) is 7.25. The van der Waals surface area contributed by atoms with Crippen LogP contribution in [0.3, 0.4) is 0 Å². The molecular formula is C17H23ClN4O. The molecule has 1 aromatic carbocycles. The smallest absolute Gasteiger partial charge is 0.318 e. The van der Waals surface area contributed by atoms with E-state index in [1.165, 1.54) is 0 Å². The fourth-order valence-corrected chi connectivity index (χ4v) is 2.60. The molecule has 0 saturated heterocycles. The van der Waals surface area contributed by atoms with Crippen LogP contribution in [0, 0.1) is 5.92 Å². The van der Waals surface area contributed by atoms with Gasteiger partial charge in [-0.05, 0) is 17.5 Å². The Hall–Kier alpha value is -2.01. The Morgan fingerprint density at radius 1 is 1.39 bits per heavy atom. The van der Waals surface area contributed by atoms with E-state index in [9.17, 15) is 4.79 Å². The van der Waals surface area contributed by atoms with Crippen molar-refractivity contribution in [2.75, 3.05) is 7.05 Å². The van der Waals surface area contributed by atoms with Crippen LogP contribution in [0.1, 0.15) is 31.3 Å². The average molecular weight is 335 g/mol. The van der Waals surface area contributed by atoms with Crippen molar-refractivity contribution < 1.29 is 4.79 Å². The van der Waals surface area contributed by atoms with Gasteiger partial charge in [-0.15, -0.1) is 0 Å². The van der Waals surface area contributed by atoms with Gasteiger partial charge < -0.3 is 14.8 Å². The molecule has 1 N–H and O–H groups in total. The molecule has 23 heavy (non-hydrogen) atoms. The van der Waals surface area contributed by atoms with E-state index in [0.29, 0.717) is 11.6 Å². The molecule has 6 heteroatoms. The zero-order valence-electron chi connectivity index (χ0n) is 14.0. The number of carbonyl (C=O) groups is 1. The van der Waals surface area contributed by atoms with Gasteiger partial charge >= 0.3 is 6.03 Å². The van der Waals surface area contributed by atoms with E-state index in [1.54, 1.807) is 18.1 Å². The van der Waals surface area contributed by atoms with Gasteiger partial charge in [-0.2, -0.15) is 0 Å². The van der Waals surface area contributed by atoms with Crippen molar-refractivity contribution in [3.05, 3.63) is 53.1 Å². The Labute approximate surface area is 142 Å². The molecule has 0 radical (unpaired) electrons. The van der Waals surface area contributed by atoms with E-state index in [1.807, 2.05) is 42.1 Å². The first kappa shape index (κ1) is 17.3. The summed E-state index contributed by atoms with van der Waals surface area (Å²) >= 11 is 6.16. The summed E-state index contributed by atoms with van der Waals surface area (Å²) in [7, 11) is 3.69. The number of hydrogen-bond donors (Lipinski definition) is 1. The number of amides is 2. The summed E-state index contributed by atoms with van der Waals surface area (Å²) in [4.78, 5) is 18.5. The third-order valence-corrected chi connectivity index (χ3v) is 4.16. The summed E-state index contributed by atoms with van der Waals surface area (Å²) in [6.07, 6.45) is 3.62. The molecule has 2 aromatic rings. The van der Waals surface area contributed by atoms with Gasteiger partial charge in [-0.25, -0.2) is 9.78 Å². The average Bonchev–Trinajstić information content (AvgIpc) is 2.92. The maximum absolute atomic E-state index is 12.5. The van der Waals surface area contributed by atoms with Crippen LogP contribution in [-0.2, 0) is 13.6 Å². The molecule has 0 fully saturated rings. The second-order valence-corrected chi connectivity index (χ2v) is 6.42. The van der Waals surface area contributed by atoms with Gasteiger partial charge in [0.2, 0.25) is 0 Å². The van der Waals surface area contributed by atoms with Gasteiger partial charge in [0.25, 0.3) is 0 Å². The fourth-order valence-electron chi connectivity index (χ4n) is 2.40. The molecule has 1 atom stereocenters. The van der Waals surface area contributed by atoms with Crippen LogP contribution in [0.2, 0.25) is 5.02 Å². The van der Waals surface area contributed by atoms with Gasteiger partial charge in [0, 0.05) is 38.1 Å². The van der Waals surface area contributed by atoms with Crippen LogP contribution in [0.15, 0.2) is 36.7 Å². The van der Waals surface area contributed by atoms with E-state index in [2.05, 4.69) is 24.1 Å². The summed E-state index contributed by atoms with van der Waals surface area (Å²) in [5.41, 5.74) is 0.921. The van der Waals surface area contributed by atoms with Crippen LogP contribution in [0.5, 0.6) is 0 Å². The molecule has 0 saturated carbocycles. The topological polar surface area (TPSA) is 50.2 Å². The molecule has 0 aliphatic rings. The van der Waals surface area contributed by atoms with Crippen molar-refractivity contribution in [2.45, 2.75) is 26.4 Å². The molecular weight excluding hydrogens is 312 g/mol. The van der Waals surface area contributed by atoms with Gasteiger partial charge in [0.15, 0.2) is 0 Å². The Kier molecular flexibility index (Phi) is 5.66. The molecule has 0 unspecified atom stereocenters. The number of aryl methyl sites for hydroxylation is 1. The molecule has 0 aliphatic carbocycles. The van der Waals surface area contributed by atoms with Crippen molar-refractivity contribution in [1.82, 2.24) is 19.8 Å². The zero-order valence-corrected chi connectivity index (χ0v) is 14.7. The lowest BCUT2D eigenvalue weighted by Gasteiger charge is -2.26. The van der Waals surface area contributed by atoms with Crippen LogP contribution >= 0.6 is 11.6 Å². The van der Waals surface area contributed by atoms with Gasteiger partial charge in [0.05, 0.1) is 6.04 Å². The zero-order chi connectivity index (χ0) is 17.0. The predicted octanol–water partition coefficient (Wildman–Crippen LogP) is 3.61. The minimum absolute atomic E-state index is 0.142. The SMILES string of the molecule is CC(C)[C@@H](NC(=O)N(C)Cc1ccccc1Cl)c1nccn1C. The molecule has 2 amide bonds. The van der Waals surface area contributed by atoms with E-state index in [0.717, 1.165) is 11.4 Å². The number of aromatic nitrogens is 2. The van der Waals surface area contributed by atoms with E-state index in [-0.39, 0.29) is 18.0 Å². The molecule has 2 rings (SSSR count). The predicted molar refractivity (Wildman–Crippen MR) is 92.2 cm³/mol. The summed E-state index contributed by atoms with van der Waals surface area (Å²) in [5.74, 6) is 1.08. The van der Waals surface area contributed by atoms with Crippen LogP contribution in [0.25, 0.3) is 0 Å². The number of carbonyl (C=O) groups excluding carboxylic acids is 1. The summed E-state index contributed by atoms with van der Waals surface area (Å²) in [6.45, 7) is 4.58.